The van der Waals surface area contributed by atoms with Crippen molar-refractivity contribution in [2.75, 3.05) is 13.1 Å². The van der Waals surface area contributed by atoms with Crippen LogP contribution in [0, 0.1) is 12.3 Å². The van der Waals surface area contributed by atoms with Gasteiger partial charge in [-0.25, -0.2) is 4.98 Å². The van der Waals surface area contributed by atoms with Crippen molar-refractivity contribution in [3.8, 4) is 5.75 Å². The van der Waals surface area contributed by atoms with Gasteiger partial charge in [-0.1, -0.05) is 12.1 Å². The minimum Gasteiger partial charge on any atom is -0.505 e. The van der Waals surface area contributed by atoms with Crippen molar-refractivity contribution in [3.63, 3.8) is 0 Å². The first-order valence-corrected chi connectivity index (χ1v) is 10.5. The number of nitrogens with zero attached hydrogens (tertiary/aromatic N) is 4. The molecule has 0 aliphatic carbocycles. The van der Waals surface area contributed by atoms with Crippen LogP contribution in [-0.4, -0.2) is 55.6 Å². The fourth-order valence-electron chi connectivity index (χ4n) is 4.75. The number of carbonyl (C=O) groups excluding carboxylic acids is 2. The van der Waals surface area contributed by atoms with Crippen LogP contribution < -0.4 is 0 Å². The molecule has 0 saturated carbocycles. The van der Waals surface area contributed by atoms with Crippen molar-refractivity contribution in [3.05, 3.63) is 54.1 Å². The lowest BCUT2D eigenvalue weighted by Gasteiger charge is -2.36. The summed E-state index contributed by atoms with van der Waals surface area (Å²) in [6.07, 6.45) is 4.63. The number of piperidine rings is 1. The monoisotopic (exact) mass is 420 g/mol. The fourth-order valence-corrected chi connectivity index (χ4v) is 4.75. The van der Waals surface area contributed by atoms with E-state index in [1.807, 2.05) is 28.8 Å². The molecule has 3 aromatic rings. The normalized spacial score (nSPS) is 20.4. The average Bonchev–Trinajstić information content (AvgIpc) is 3.31. The number of imidazole rings is 1. The molecule has 1 amide bonds. The quantitative estimate of drug-likeness (QED) is 0.655. The number of pyridine rings is 1. The maximum absolute atomic E-state index is 12.9. The van der Waals surface area contributed by atoms with Crippen LogP contribution in [0.2, 0.25) is 0 Å². The van der Waals surface area contributed by atoms with Gasteiger partial charge in [0.15, 0.2) is 0 Å². The van der Waals surface area contributed by atoms with Gasteiger partial charge in [-0.05, 0) is 38.0 Å². The van der Waals surface area contributed by atoms with E-state index in [2.05, 4.69) is 9.97 Å². The van der Waals surface area contributed by atoms with Crippen molar-refractivity contribution >= 4 is 22.9 Å². The first kappa shape index (κ1) is 19.5. The van der Waals surface area contributed by atoms with E-state index >= 15 is 0 Å². The number of likely N-dealkylation sites (tertiary alicyclic amines) is 1. The van der Waals surface area contributed by atoms with Gasteiger partial charge in [-0.2, -0.15) is 0 Å². The minimum atomic E-state index is -0.548. The van der Waals surface area contributed by atoms with Gasteiger partial charge in [0.05, 0.1) is 41.1 Å². The number of cyclic esters (lactones) is 1. The fraction of sp³-hybridized carbons (Fsp3) is 0.391. The highest BCUT2D eigenvalue weighted by atomic mass is 16.6. The van der Waals surface area contributed by atoms with Crippen LogP contribution in [0.25, 0.3) is 11.0 Å². The number of carbonyl (C=O) groups is 2. The minimum absolute atomic E-state index is 0.121. The van der Waals surface area contributed by atoms with Crippen molar-refractivity contribution in [2.45, 2.75) is 38.8 Å². The third-order valence-electron chi connectivity index (χ3n) is 6.51. The average molecular weight is 420 g/mol. The highest BCUT2D eigenvalue weighted by Crippen LogP contribution is 2.44. The molecular weight excluding hydrogens is 396 g/mol. The molecule has 1 atom stereocenters. The molecule has 8 nitrogen and oxygen atoms in total. The number of aromatic nitrogens is 3. The summed E-state index contributed by atoms with van der Waals surface area (Å²) in [6.45, 7) is 3.26. The molecule has 2 fully saturated rings. The van der Waals surface area contributed by atoms with E-state index in [-0.39, 0.29) is 29.3 Å². The van der Waals surface area contributed by atoms with Gasteiger partial charge in [-0.3, -0.25) is 14.6 Å². The summed E-state index contributed by atoms with van der Waals surface area (Å²) in [4.78, 5) is 35.8. The van der Waals surface area contributed by atoms with E-state index in [0.29, 0.717) is 44.6 Å². The second-order valence-electron chi connectivity index (χ2n) is 8.53. The van der Waals surface area contributed by atoms with Crippen molar-refractivity contribution in [1.82, 2.24) is 19.4 Å². The maximum atomic E-state index is 12.9. The number of fused-ring (bicyclic) bond motifs is 1. The Hall–Kier alpha value is -3.42. The SMILES string of the molecule is Cc1cc(C(=O)N2CCC3(CC2)CC(Cn2cnc4ccccc42)OC3=O)c(O)cn1. The number of aryl methyl sites for hydroxylation is 1. The number of hydrogen-bond acceptors (Lipinski definition) is 6. The summed E-state index contributed by atoms with van der Waals surface area (Å²) in [6, 6.07) is 9.49. The van der Waals surface area contributed by atoms with E-state index < -0.39 is 5.41 Å². The first-order chi connectivity index (χ1) is 14.9. The van der Waals surface area contributed by atoms with Gasteiger partial charge in [-0.15, -0.1) is 0 Å². The van der Waals surface area contributed by atoms with Crippen LogP contribution >= 0.6 is 0 Å². The number of esters is 1. The number of rotatable bonds is 3. The van der Waals surface area contributed by atoms with Crippen LogP contribution in [0.3, 0.4) is 0 Å². The zero-order valence-corrected chi connectivity index (χ0v) is 17.3. The molecule has 2 aromatic heterocycles. The van der Waals surface area contributed by atoms with Crippen LogP contribution in [0.5, 0.6) is 5.75 Å². The van der Waals surface area contributed by atoms with Crippen molar-refractivity contribution in [2.24, 2.45) is 5.41 Å². The number of para-hydroxylation sites is 2. The third-order valence-corrected chi connectivity index (χ3v) is 6.51. The Balaban J connectivity index is 1.26. The Morgan fingerprint density at radius 1 is 1.26 bits per heavy atom. The standard InChI is InChI=1S/C23H24N4O4/c1-15-10-17(20(28)12-24-15)21(29)26-8-6-23(7-9-26)11-16(31-22(23)30)13-27-14-25-18-4-2-3-5-19(18)27/h2-5,10,12,14,16,28H,6-9,11,13H2,1H3. The van der Waals surface area contributed by atoms with E-state index in [1.54, 1.807) is 24.2 Å². The largest absolute Gasteiger partial charge is 0.505 e. The van der Waals surface area contributed by atoms with Crippen LogP contribution in [0.1, 0.15) is 35.3 Å². The number of amides is 1. The Morgan fingerprint density at radius 3 is 2.84 bits per heavy atom. The van der Waals surface area contributed by atoms with Gasteiger partial charge in [0.25, 0.3) is 5.91 Å². The zero-order valence-electron chi connectivity index (χ0n) is 17.3. The smallest absolute Gasteiger partial charge is 0.312 e. The molecule has 2 saturated heterocycles. The van der Waals surface area contributed by atoms with Crippen LogP contribution in [0.4, 0.5) is 0 Å². The Labute approximate surface area is 179 Å². The number of aromatic hydroxyl groups is 1. The first-order valence-electron chi connectivity index (χ1n) is 10.5. The molecule has 2 aliphatic heterocycles. The molecule has 1 unspecified atom stereocenters. The van der Waals surface area contributed by atoms with E-state index in [0.717, 1.165) is 11.0 Å². The van der Waals surface area contributed by atoms with Gasteiger partial charge in [0.2, 0.25) is 0 Å². The molecule has 1 N–H and O–H groups in total. The molecule has 8 heteroatoms. The Morgan fingerprint density at radius 2 is 2.03 bits per heavy atom. The molecule has 0 radical (unpaired) electrons. The predicted octanol–water partition coefficient (Wildman–Crippen LogP) is 2.68. The summed E-state index contributed by atoms with van der Waals surface area (Å²) in [5.74, 6) is -0.522. The second kappa shape index (κ2) is 7.37. The van der Waals surface area contributed by atoms with Crippen molar-refractivity contribution < 1.29 is 19.4 Å². The number of hydrogen-bond donors (Lipinski definition) is 1. The van der Waals surface area contributed by atoms with Gasteiger partial charge in [0.1, 0.15) is 11.9 Å². The number of benzene rings is 1. The molecule has 1 aromatic carbocycles. The summed E-state index contributed by atoms with van der Waals surface area (Å²) >= 11 is 0. The second-order valence-corrected chi connectivity index (χ2v) is 8.53. The van der Waals surface area contributed by atoms with Gasteiger partial charge in [0, 0.05) is 25.2 Å². The highest BCUT2D eigenvalue weighted by Gasteiger charge is 2.51. The number of ether oxygens (including phenoxy) is 1. The van der Waals surface area contributed by atoms with Crippen molar-refractivity contribution in [1.29, 1.82) is 0 Å². The Kier molecular flexibility index (Phi) is 4.64. The molecule has 160 valence electrons. The van der Waals surface area contributed by atoms with Gasteiger partial charge >= 0.3 is 5.97 Å². The molecule has 31 heavy (non-hydrogen) atoms. The topological polar surface area (TPSA) is 97.6 Å². The lowest BCUT2D eigenvalue weighted by atomic mass is 9.76. The lowest BCUT2D eigenvalue weighted by molar-refractivity contribution is -0.150. The summed E-state index contributed by atoms with van der Waals surface area (Å²) < 4.78 is 7.78. The van der Waals surface area contributed by atoms with Gasteiger partial charge < -0.3 is 19.3 Å². The van der Waals surface area contributed by atoms with E-state index in [9.17, 15) is 14.7 Å². The molecule has 2 aliphatic rings. The Bertz CT molecular complexity index is 1160. The summed E-state index contributed by atoms with van der Waals surface area (Å²) in [5, 5.41) is 10.0. The molecule has 0 bridgehead atoms. The molecule has 5 rings (SSSR count). The maximum Gasteiger partial charge on any atom is 0.312 e. The van der Waals surface area contributed by atoms with E-state index in [1.165, 1.54) is 6.20 Å². The lowest BCUT2D eigenvalue weighted by Crippen LogP contribution is -2.45. The van der Waals surface area contributed by atoms with Crippen LogP contribution in [-0.2, 0) is 16.1 Å². The summed E-state index contributed by atoms with van der Waals surface area (Å²) in [7, 11) is 0. The predicted molar refractivity (Wildman–Crippen MR) is 112 cm³/mol. The third kappa shape index (κ3) is 3.41. The van der Waals surface area contributed by atoms with Crippen LogP contribution in [0.15, 0.2) is 42.9 Å². The highest BCUT2D eigenvalue weighted by molar-refractivity contribution is 5.97. The molecule has 1 spiro atoms. The molecular formula is C23H24N4O4. The zero-order chi connectivity index (χ0) is 21.6. The summed E-state index contributed by atoms with van der Waals surface area (Å²) in [5.41, 5.74) is 2.31. The van der Waals surface area contributed by atoms with E-state index in [4.69, 9.17) is 4.74 Å². The molecule has 4 heterocycles.